The Morgan fingerprint density at radius 3 is 2.46 bits per heavy atom. The molecule has 0 unspecified atom stereocenters. The molecule has 0 aliphatic carbocycles. The molecule has 1 aliphatic heterocycles. The first kappa shape index (κ1) is 26.0. The number of nitrogens with one attached hydrogen (secondary N) is 1. The van der Waals surface area contributed by atoms with Crippen LogP contribution in [0.5, 0.6) is 11.5 Å². The molecule has 0 fully saturated rings. The molecule has 0 saturated heterocycles. The minimum absolute atomic E-state index is 0.190. The van der Waals surface area contributed by atoms with Gasteiger partial charge in [0.1, 0.15) is 22.7 Å². The highest BCUT2D eigenvalue weighted by molar-refractivity contribution is 6.12. The molecule has 200 valence electrons. The van der Waals surface area contributed by atoms with Crippen LogP contribution in [0.1, 0.15) is 34.1 Å². The first-order valence-corrected chi connectivity index (χ1v) is 12.8. The van der Waals surface area contributed by atoms with Crippen LogP contribution in [-0.2, 0) is 17.9 Å². The molecule has 0 radical (unpaired) electrons. The number of aromatic nitrogens is 2. The second kappa shape index (κ2) is 10.3. The second-order valence-corrected chi connectivity index (χ2v) is 9.93. The van der Waals surface area contributed by atoms with Crippen LogP contribution in [0.4, 0.5) is 5.69 Å². The maximum absolute atomic E-state index is 14.2. The lowest BCUT2D eigenvalue weighted by Gasteiger charge is -2.43. The zero-order valence-corrected chi connectivity index (χ0v) is 22.8. The third-order valence-corrected chi connectivity index (χ3v) is 7.48. The Morgan fingerprint density at radius 1 is 1.00 bits per heavy atom. The summed E-state index contributed by atoms with van der Waals surface area (Å²) in [7, 11) is 3.22. The van der Waals surface area contributed by atoms with Crippen molar-refractivity contribution in [2.24, 2.45) is 0 Å². The number of hydrogen-bond acceptors (Lipinski definition) is 5. The van der Waals surface area contributed by atoms with E-state index in [0.29, 0.717) is 22.8 Å². The van der Waals surface area contributed by atoms with E-state index in [2.05, 4.69) is 5.32 Å². The normalized spacial score (nSPS) is 16.5. The summed E-state index contributed by atoms with van der Waals surface area (Å²) in [4.78, 5) is 29.8. The fraction of sp³-hybridized carbons (Fsp3) is 0.258. The van der Waals surface area contributed by atoms with Gasteiger partial charge in [0.2, 0.25) is 5.91 Å². The number of rotatable bonds is 7. The Balaban J connectivity index is 1.55. The van der Waals surface area contributed by atoms with Crippen molar-refractivity contribution in [3.63, 3.8) is 0 Å². The van der Waals surface area contributed by atoms with Gasteiger partial charge >= 0.3 is 0 Å². The van der Waals surface area contributed by atoms with Crippen molar-refractivity contribution in [3.8, 4) is 22.8 Å². The number of carbonyl (C=O) groups is 2. The molecule has 0 bridgehead atoms. The summed E-state index contributed by atoms with van der Waals surface area (Å²) in [5.74, 6) is 0.860. The number of nitrogens with zero attached hydrogens (tertiary/aromatic N) is 3. The van der Waals surface area contributed by atoms with Crippen LogP contribution in [0.2, 0.25) is 0 Å². The summed E-state index contributed by atoms with van der Waals surface area (Å²) in [6.07, 6.45) is 0. The van der Waals surface area contributed by atoms with E-state index in [9.17, 15) is 9.59 Å². The predicted octanol–water partition coefficient (Wildman–Crippen LogP) is 4.92. The molecule has 1 atom stereocenters. The molecule has 0 spiro atoms. The van der Waals surface area contributed by atoms with Crippen molar-refractivity contribution in [3.05, 3.63) is 95.2 Å². The Kier molecular flexibility index (Phi) is 6.87. The maximum Gasteiger partial charge on any atom is 0.277 e. The lowest BCUT2D eigenvalue weighted by Crippen LogP contribution is -2.64. The van der Waals surface area contributed by atoms with Crippen LogP contribution >= 0.6 is 0 Å². The highest BCUT2D eigenvalue weighted by atomic mass is 16.5. The fourth-order valence-corrected chi connectivity index (χ4v) is 5.05. The maximum atomic E-state index is 14.2. The minimum Gasteiger partial charge on any atom is -0.497 e. The average molecular weight is 525 g/mol. The molecule has 3 aromatic carbocycles. The third kappa shape index (κ3) is 4.63. The van der Waals surface area contributed by atoms with Crippen molar-refractivity contribution in [2.45, 2.75) is 39.4 Å². The lowest BCUT2D eigenvalue weighted by molar-refractivity contribution is -0.126. The summed E-state index contributed by atoms with van der Waals surface area (Å²) >= 11 is 0. The Morgan fingerprint density at radius 2 is 1.74 bits per heavy atom. The van der Waals surface area contributed by atoms with Gasteiger partial charge in [-0.1, -0.05) is 30.3 Å². The number of methoxy groups -OCH3 is 2. The SMILES string of the molecule is COc1ccc(-c2cc3n(n2)C[C@@](C)(C(=O)NCc2ccccc2OC)N(c2cccc(C)c2C)C3=O)cc1. The first-order valence-electron chi connectivity index (χ1n) is 12.8. The van der Waals surface area contributed by atoms with Gasteiger partial charge in [-0.2, -0.15) is 5.10 Å². The van der Waals surface area contributed by atoms with Crippen molar-refractivity contribution in [2.75, 3.05) is 19.1 Å². The van der Waals surface area contributed by atoms with Gasteiger partial charge in [0.05, 0.1) is 26.5 Å². The molecular formula is C31H32N4O4. The molecule has 39 heavy (non-hydrogen) atoms. The van der Waals surface area contributed by atoms with Gasteiger partial charge < -0.3 is 14.8 Å². The zero-order chi connectivity index (χ0) is 27.7. The topological polar surface area (TPSA) is 85.7 Å². The molecule has 2 amide bonds. The number of amides is 2. The van der Waals surface area contributed by atoms with Crippen LogP contribution in [0.25, 0.3) is 11.3 Å². The van der Waals surface area contributed by atoms with E-state index >= 15 is 0 Å². The number of para-hydroxylation sites is 1. The number of aryl methyl sites for hydroxylation is 1. The molecular weight excluding hydrogens is 492 g/mol. The monoisotopic (exact) mass is 524 g/mol. The molecule has 1 aliphatic rings. The number of ether oxygens (including phenoxy) is 2. The van der Waals surface area contributed by atoms with Crippen LogP contribution in [-0.4, -0.2) is 41.4 Å². The summed E-state index contributed by atoms with van der Waals surface area (Å²) < 4.78 is 12.4. The lowest BCUT2D eigenvalue weighted by atomic mass is 9.92. The van der Waals surface area contributed by atoms with Gasteiger partial charge in [-0.15, -0.1) is 0 Å². The van der Waals surface area contributed by atoms with Crippen LogP contribution in [0.15, 0.2) is 72.8 Å². The Bertz CT molecular complexity index is 1540. The summed E-state index contributed by atoms with van der Waals surface area (Å²) in [6.45, 7) is 6.21. The van der Waals surface area contributed by atoms with Gasteiger partial charge in [-0.3, -0.25) is 19.2 Å². The number of fused-ring (bicyclic) bond motifs is 1. The molecule has 8 heteroatoms. The first-order chi connectivity index (χ1) is 18.8. The number of carbonyl (C=O) groups excluding carboxylic acids is 2. The standard InChI is InChI=1S/C31H32N4O4/c1-20-9-8-11-26(21(20)2)35-29(36)27-17-25(22-13-15-24(38-4)16-14-22)33-34(27)19-31(35,3)30(37)32-18-23-10-6-7-12-28(23)39-5/h6-17H,18-19H2,1-5H3,(H,32,37)/t31-/m0/s1. The van der Waals surface area contributed by atoms with E-state index in [1.165, 1.54) is 0 Å². The predicted molar refractivity (Wildman–Crippen MR) is 150 cm³/mol. The largest absolute Gasteiger partial charge is 0.497 e. The van der Waals surface area contributed by atoms with Crippen molar-refractivity contribution in [1.82, 2.24) is 15.1 Å². The Hall–Kier alpha value is -4.59. The molecule has 8 nitrogen and oxygen atoms in total. The molecule has 1 N–H and O–H groups in total. The fourth-order valence-electron chi connectivity index (χ4n) is 5.05. The van der Waals surface area contributed by atoms with E-state index in [4.69, 9.17) is 14.6 Å². The summed E-state index contributed by atoms with van der Waals surface area (Å²) in [6, 6.07) is 22.6. The van der Waals surface area contributed by atoms with E-state index < -0.39 is 5.54 Å². The zero-order valence-electron chi connectivity index (χ0n) is 22.8. The highest BCUT2D eigenvalue weighted by Crippen LogP contribution is 2.37. The second-order valence-electron chi connectivity index (χ2n) is 9.93. The quantitative estimate of drug-likeness (QED) is 0.371. The van der Waals surface area contributed by atoms with Crippen molar-refractivity contribution < 1.29 is 19.1 Å². The van der Waals surface area contributed by atoms with Gasteiger partial charge in [-0.25, -0.2) is 0 Å². The molecule has 0 saturated carbocycles. The summed E-state index contributed by atoms with van der Waals surface area (Å²) in [5.41, 5.74) is 4.22. The van der Waals surface area contributed by atoms with E-state index in [1.54, 1.807) is 36.8 Å². The third-order valence-electron chi connectivity index (χ3n) is 7.48. The number of anilines is 1. The molecule has 1 aromatic heterocycles. The van der Waals surface area contributed by atoms with Gasteiger partial charge in [-0.05, 0) is 74.4 Å². The van der Waals surface area contributed by atoms with Gasteiger partial charge in [0.25, 0.3) is 5.91 Å². The van der Waals surface area contributed by atoms with E-state index in [-0.39, 0.29) is 24.9 Å². The van der Waals surface area contributed by atoms with E-state index in [0.717, 1.165) is 28.0 Å². The molecule has 2 heterocycles. The van der Waals surface area contributed by atoms with E-state index in [1.807, 2.05) is 80.6 Å². The van der Waals surface area contributed by atoms with Crippen molar-refractivity contribution >= 4 is 17.5 Å². The van der Waals surface area contributed by atoms with Gasteiger partial charge in [0, 0.05) is 23.4 Å². The number of hydrogen-bond donors (Lipinski definition) is 1. The van der Waals surface area contributed by atoms with Crippen molar-refractivity contribution in [1.29, 1.82) is 0 Å². The Labute approximate surface area is 228 Å². The molecule has 4 aromatic rings. The molecule has 5 rings (SSSR count). The average Bonchev–Trinajstić information content (AvgIpc) is 3.38. The summed E-state index contributed by atoms with van der Waals surface area (Å²) in [5, 5.41) is 7.80. The smallest absolute Gasteiger partial charge is 0.277 e. The highest BCUT2D eigenvalue weighted by Gasteiger charge is 2.49. The van der Waals surface area contributed by atoms with Crippen LogP contribution < -0.4 is 19.7 Å². The number of benzene rings is 3. The minimum atomic E-state index is -1.24. The van der Waals surface area contributed by atoms with Gasteiger partial charge in [0.15, 0.2) is 0 Å². The van der Waals surface area contributed by atoms with Crippen LogP contribution in [0.3, 0.4) is 0 Å². The van der Waals surface area contributed by atoms with Crippen LogP contribution in [0, 0.1) is 13.8 Å².